The van der Waals surface area contributed by atoms with Gasteiger partial charge in [0.2, 0.25) is 0 Å². The second-order valence-electron chi connectivity index (χ2n) is 4.87. The van der Waals surface area contributed by atoms with Crippen molar-refractivity contribution in [2.24, 2.45) is 0 Å². The van der Waals surface area contributed by atoms with Crippen molar-refractivity contribution in [3.05, 3.63) is 59.2 Å². The van der Waals surface area contributed by atoms with Crippen LogP contribution in [0.3, 0.4) is 0 Å². The predicted molar refractivity (Wildman–Crippen MR) is 74.2 cm³/mol. The molecule has 0 unspecified atom stereocenters. The normalized spacial score (nSPS) is 13.8. The van der Waals surface area contributed by atoms with Crippen LogP contribution in [-0.2, 0) is 12.8 Å². The Morgan fingerprint density at radius 3 is 2.83 bits per heavy atom. The molecule has 0 radical (unpaired) electrons. The van der Waals surface area contributed by atoms with Gasteiger partial charge in [-0.05, 0) is 54.2 Å². The summed E-state index contributed by atoms with van der Waals surface area (Å²) >= 11 is 0. The summed E-state index contributed by atoms with van der Waals surface area (Å²) in [5, 5.41) is 12.9. The fourth-order valence-corrected chi connectivity index (χ4v) is 2.54. The summed E-state index contributed by atoms with van der Waals surface area (Å²) < 4.78 is 0. The molecule has 1 heterocycles. The fraction of sp³-hybridized carbons (Fsp3) is 0.250. The van der Waals surface area contributed by atoms with Gasteiger partial charge >= 0.3 is 0 Å². The number of aryl methyl sites for hydroxylation is 1. The summed E-state index contributed by atoms with van der Waals surface area (Å²) in [5.74, 6) is 0.340. The van der Waals surface area contributed by atoms with E-state index in [1.165, 1.54) is 23.2 Å². The van der Waals surface area contributed by atoms with Gasteiger partial charge in [-0.1, -0.05) is 24.3 Å². The van der Waals surface area contributed by atoms with E-state index in [1.807, 2.05) is 12.1 Å². The lowest BCUT2D eigenvalue weighted by Crippen LogP contribution is -2.11. The minimum absolute atomic E-state index is 0.340. The van der Waals surface area contributed by atoms with Gasteiger partial charge in [0.25, 0.3) is 0 Å². The van der Waals surface area contributed by atoms with Gasteiger partial charge in [-0.2, -0.15) is 0 Å². The number of anilines is 1. The van der Waals surface area contributed by atoms with E-state index in [0.717, 1.165) is 24.9 Å². The lowest BCUT2D eigenvalue weighted by atomic mass is 9.97. The molecule has 2 nitrogen and oxygen atoms in total. The molecule has 92 valence electrons. The summed E-state index contributed by atoms with van der Waals surface area (Å²) in [5.41, 5.74) is 5.15. The summed E-state index contributed by atoms with van der Waals surface area (Å²) in [4.78, 5) is 0. The molecule has 0 fully saturated rings. The summed E-state index contributed by atoms with van der Waals surface area (Å²) in [6.07, 6.45) is 3.25. The molecule has 2 aromatic rings. The first-order valence-corrected chi connectivity index (χ1v) is 6.45. The zero-order chi connectivity index (χ0) is 12.4. The van der Waals surface area contributed by atoms with Gasteiger partial charge in [0.15, 0.2) is 0 Å². The average molecular weight is 239 g/mol. The second-order valence-corrected chi connectivity index (χ2v) is 4.87. The minimum atomic E-state index is 0.340. The number of fused-ring (bicyclic) bond motifs is 1. The van der Waals surface area contributed by atoms with E-state index in [9.17, 15) is 5.11 Å². The largest absolute Gasteiger partial charge is 0.508 e. The van der Waals surface area contributed by atoms with Crippen LogP contribution in [0.4, 0.5) is 5.69 Å². The van der Waals surface area contributed by atoms with Crippen molar-refractivity contribution in [1.29, 1.82) is 0 Å². The molecule has 0 saturated carbocycles. The smallest absolute Gasteiger partial charge is 0.115 e. The molecule has 0 saturated heterocycles. The quantitative estimate of drug-likeness (QED) is 0.842. The molecule has 0 aliphatic carbocycles. The number of benzene rings is 2. The maximum atomic E-state index is 9.47. The first-order chi connectivity index (χ1) is 8.81. The van der Waals surface area contributed by atoms with Gasteiger partial charge < -0.3 is 10.4 Å². The molecule has 1 aliphatic heterocycles. The van der Waals surface area contributed by atoms with E-state index >= 15 is 0 Å². The molecule has 18 heavy (non-hydrogen) atoms. The van der Waals surface area contributed by atoms with Crippen LogP contribution in [0.25, 0.3) is 0 Å². The second kappa shape index (κ2) is 4.73. The van der Waals surface area contributed by atoms with Gasteiger partial charge in [-0.3, -0.25) is 0 Å². The van der Waals surface area contributed by atoms with Crippen LogP contribution in [0.15, 0.2) is 42.5 Å². The van der Waals surface area contributed by atoms with Crippen molar-refractivity contribution in [2.75, 3.05) is 11.9 Å². The highest BCUT2D eigenvalue weighted by molar-refractivity contribution is 5.54. The van der Waals surface area contributed by atoms with Crippen LogP contribution < -0.4 is 5.32 Å². The first-order valence-electron chi connectivity index (χ1n) is 6.45. The maximum Gasteiger partial charge on any atom is 0.115 e. The van der Waals surface area contributed by atoms with Crippen LogP contribution >= 0.6 is 0 Å². The van der Waals surface area contributed by atoms with Crippen molar-refractivity contribution in [2.45, 2.75) is 19.3 Å². The Morgan fingerprint density at radius 1 is 1.06 bits per heavy atom. The van der Waals surface area contributed by atoms with Crippen molar-refractivity contribution in [3.63, 3.8) is 0 Å². The molecular formula is C16H17NO. The van der Waals surface area contributed by atoms with Crippen LogP contribution in [-0.4, -0.2) is 11.7 Å². The molecule has 1 aliphatic rings. The molecule has 0 bridgehead atoms. The molecule has 0 spiro atoms. The molecule has 2 heteroatoms. The van der Waals surface area contributed by atoms with E-state index in [4.69, 9.17) is 0 Å². The number of aromatic hydroxyl groups is 1. The minimum Gasteiger partial charge on any atom is -0.508 e. The molecule has 3 rings (SSSR count). The van der Waals surface area contributed by atoms with Gasteiger partial charge in [-0.25, -0.2) is 0 Å². The standard InChI is InChI=1S/C16H17NO/c18-15-5-1-3-12(11-15)9-13-6-7-16-14(10-13)4-2-8-17-16/h1,3,5-7,10-11,17-18H,2,4,8-9H2. The number of hydrogen-bond acceptors (Lipinski definition) is 2. The zero-order valence-corrected chi connectivity index (χ0v) is 10.3. The van der Waals surface area contributed by atoms with E-state index < -0.39 is 0 Å². The van der Waals surface area contributed by atoms with Gasteiger partial charge in [0.1, 0.15) is 5.75 Å². The zero-order valence-electron chi connectivity index (χ0n) is 10.3. The third kappa shape index (κ3) is 2.33. The van der Waals surface area contributed by atoms with E-state index in [-0.39, 0.29) is 0 Å². The summed E-state index contributed by atoms with van der Waals surface area (Å²) in [7, 11) is 0. The van der Waals surface area contributed by atoms with Crippen molar-refractivity contribution in [1.82, 2.24) is 0 Å². The predicted octanol–water partition coefficient (Wildman–Crippen LogP) is 3.34. The van der Waals surface area contributed by atoms with Gasteiger partial charge in [0, 0.05) is 12.2 Å². The first kappa shape index (κ1) is 11.1. The highest BCUT2D eigenvalue weighted by Crippen LogP contribution is 2.24. The van der Waals surface area contributed by atoms with Crippen molar-refractivity contribution in [3.8, 4) is 5.75 Å². The van der Waals surface area contributed by atoms with Crippen LogP contribution in [0.5, 0.6) is 5.75 Å². The van der Waals surface area contributed by atoms with E-state index in [0.29, 0.717) is 5.75 Å². The van der Waals surface area contributed by atoms with Crippen molar-refractivity contribution >= 4 is 5.69 Å². The molecular weight excluding hydrogens is 222 g/mol. The lowest BCUT2D eigenvalue weighted by Gasteiger charge is -2.18. The third-order valence-electron chi connectivity index (χ3n) is 3.43. The number of phenolic OH excluding ortho intramolecular Hbond substituents is 1. The number of rotatable bonds is 2. The lowest BCUT2D eigenvalue weighted by molar-refractivity contribution is 0.474. The Balaban J connectivity index is 1.85. The Morgan fingerprint density at radius 2 is 1.94 bits per heavy atom. The van der Waals surface area contributed by atoms with Gasteiger partial charge in [0.05, 0.1) is 0 Å². The summed E-state index contributed by atoms with van der Waals surface area (Å²) in [6.45, 7) is 1.08. The Bertz CT molecular complexity index is 563. The Hall–Kier alpha value is -1.96. The third-order valence-corrected chi connectivity index (χ3v) is 3.43. The molecule has 2 N–H and O–H groups in total. The molecule has 0 amide bonds. The van der Waals surface area contributed by atoms with Crippen LogP contribution in [0, 0.1) is 0 Å². The average Bonchev–Trinajstić information content (AvgIpc) is 2.39. The van der Waals surface area contributed by atoms with Crippen molar-refractivity contribution < 1.29 is 5.11 Å². The Labute approximate surface area is 107 Å². The highest BCUT2D eigenvalue weighted by atomic mass is 16.3. The topological polar surface area (TPSA) is 32.3 Å². The monoisotopic (exact) mass is 239 g/mol. The number of hydrogen-bond donors (Lipinski definition) is 2. The van der Waals surface area contributed by atoms with E-state index in [2.05, 4.69) is 29.6 Å². The van der Waals surface area contributed by atoms with Crippen LogP contribution in [0.2, 0.25) is 0 Å². The summed E-state index contributed by atoms with van der Waals surface area (Å²) in [6, 6.07) is 14.1. The number of nitrogens with one attached hydrogen (secondary N) is 1. The van der Waals surface area contributed by atoms with E-state index in [1.54, 1.807) is 6.07 Å². The highest BCUT2D eigenvalue weighted by Gasteiger charge is 2.08. The SMILES string of the molecule is Oc1cccc(Cc2ccc3c(c2)CCCN3)c1. The number of phenols is 1. The molecule has 2 aromatic carbocycles. The Kier molecular flexibility index (Phi) is 2.93. The molecule has 0 atom stereocenters. The fourth-order valence-electron chi connectivity index (χ4n) is 2.54. The van der Waals surface area contributed by atoms with Crippen LogP contribution in [0.1, 0.15) is 23.1 Å². The molecule has 0 aromatic heterocycles. The maximum absolute atomic E-state index is 9.47. The van der Waals surface area contributed by atoms with Gasteiger partial charge in [-0.15, -0.1) is 0 Å².